The maximum absolute atomic E-state index is 14.0. The lowest BCUT2D eigenvalue weighted by Gasteiger charge is -2.33. The average molecular weight is 385 g/mol. The number of hydrogen-bond donors (Lipinski definition) is 1. The van der Waals surface area contributed by atoms with Crippen LogP contribution in [0.1, 0.15) is 30.1 Å². The van der Waals surface area contributed by atoms with Crippen LogP contribution in [0.4, 0.5) is 14.0 Å². The Morgan fingerprint density at radius 3 is 2.61 bits per heavy atom. The molecular weight excluding hydrogens is 365 g/mol. The minimum Gasteiger partial charge on any atom is -0.493 e. The first kappa shape index (κ1) is 18.1. The minimum atomic E-state index is -0.821. The number of primary amides is 1. The quantitative estimate of drug-likeness (QED) is 0.859. The first-order chi connectivity index (χ1) is 13.5. The molecule has 0 radical (unpaired) electrons. The Kier molecular flexibility index (Phi) is 4.54. The maximum atomic E-state index is 14.0. The van der Waals surface area contributed by atoms with E-state index in [0.29, 0.717) is 11.3 Å². The van der Waals surface area contributed by atoms with Gasteiger partial charge in [0.15, 0.2) is 0 Å². The molecule has 7 nitrogen and oxygen atoms in total. The molecule has 146 valence electrons. The maximum Gasteiger partial charge on any atom is 0.429 e. The number of carbonyl (C=O) groups is 2. The molecule has 8 heteroatoms. The van der Waals surface area contributed by atoms with Crippen molar-refractivity contribution < 1.29 is 23.5 Å². The number of nitrogens with two attached hydrogens (primary N) is 1. The number of halogens is 1. The smallest absolute Gasteiger partial charge is 0.429 e. The van der Waals surface area contributed by atoms with E-state index in [0.717, 1.165) is 5.56 Å². The van der Waals surface area contributed by atoms with Crippen LogP contribution in [0, 0.1) is 11.7 Å². The highest BCUT2D eigenvalue weighted by atomic mass is 19.1. The largest absolute Gasteiger partial charge is 0.493 e. The first-order valence-corrected chi connectivity index (χ1v) is 9.04. The highest BCUT2D eigenvalue weighted by Crippen LogP contribution is 2.53. The van der Waals surface area contributed by atoms with Crippen LogP contribution in [0.25, 0.3) is 0 Å². The molecule has 2 aromatic rings. The molecule has 2 aromatic carbocycles. The van der Waals surface area contributed by atoms with Gasteiger partial charge in [0.05, 0.1) is 25.3 Å². The van der Waals surface area contributed by atoms with Gasteiger partial charge in [-0.15, -0.1) is 0 Å². The summed E-state index contributed by atoms with van der Waals surface area (Å²) in [7, 11) is 0. The molecule has 0 aromatic heterocycles. The van der Waals surface area contributed by atoms with Gasteiger partial charge in [0.25, 0.3) is 0 Å². The van der Waals surface area contributed by atoms with Gasteiger partial charge in [-0.2, -0.15) is 0 Å². The lowest BCUT2D eigenvalue weighted by molar-refractivity contribution is 0.00693. The number of benzene rings is 2. The minimum absolute atomic E-state index is 0.139. The van der Waals surface area contributed by atoms with Crippen molar-refractivity contribution in [2.24, 2.45) is 11.7 Å². The summed E-state index contributed by atoms with van der Waals surface area (Å²) in [4.78, 5) is 25.2. The Hall–Kier alpha value is -3.29. The van der Waals surface area contributed by atoms with Crippen LogP contribution in [0.15, 0.2) is 48.5 Å². The summed E-state index contributed by atoms with van der Waals surface area (Å²) in [5, 5.41) is 2.40. The fraction of sp³-hybridized carbons (Fsp3) is 0.300. The molecule has 0 spiro atoms. The SMILES string of the molecule is CCOC(=O)N1[C@H](c2ccccc2)[C@H]2COc3ccc(F)cc3C2N1C(N)=O. The van der Waals surface area contributed by atoms with Crippen LogP contribution in [0.5, 0.6) is 5.75 Å². The van der Waals surface area contributed by atoms with Gasteiger partial charge < -0.3 is 15.2 Å². The lowest BCUT2D eigenvalue weighted by atomic mass is 9.84. The zero-order valence-electron chi connectivity index (χ0n) is 15.2. The van der Waals surface area contributed by atoms with E-state index in [9.17, 15) is 14.0 Å². The van der Waals surface area contributed by atoms with Gasteiger partial charge in [0, 0.05) is 11.5 Å². The molecule has 2 aliphatic rings. The van der Waals surface area contributed by atoms with Crippen molar-refractivity contribution in [2.75, 3.05) is 13.2 Å². The summed E-state index contributed by atoms with van der Waals surface area (Å²) in [6.07, 6.45) is -0.692. The number of rotatable bonds is 2. The molecule has 0 aliphatic carbocycles. The number of nitrogens with zero attached hydrogens (tertiary/aromatic N) is 2. The van der Waals surface area contributed by atoms with E-state index in [1.54, 1.807) is 6.92 Å². The van der Waals surface area contributed by atoms with Crippen molar-refractivity contribution in [2.45, 2.75) is 19.0 Å². The molecule has 4 rings (SSSR count). The van der Waals surface area contributed by atoms with Crippen LogP contribution in [-0.2, 0) is 4.74 Å². The molecule has 0 saturated carbocycles. The van der Waals surface area contributed by atoms with Crippen molar-refractivity contribution in [3.8, 4) is 5.75 Å². The van der Waals surface area contributed by atoms with E-state index in [2.05, 4.69) is 0 Å². The first-order valence-electron chi connectivity index (χ1n) is 9.04. The van der Waals surface area contributed by atoms with Gasteiger partial charge in [0.1, 0.15) is 11.6 Å². The normalized spacial score (nSPS) is 22.9. The van der Waals surface area contributed by atoms with Crippen LogP contribution in [-0.4, -0.2) is 35.4 Å². The summed E-state index contributed by atoms with van der Waals surface area (Å²) < 4.78 is 25.0. The van der Waals surface area contributed by atoms with Crippen LogP contribution >= 0.6 is 0 Å². The van der Waals surface area contributed by atoms with E-state index >= 15 is 0 Å². The number of ether oxygens (including phenoxy) is 2. The molecule has 0 bridgehead atoms. The predicted molar refractivity (Wildman–Crippen MR) is 97.6 cm³/mol. The Balaban J connectivity index is 1.89. The summed E-state index contributed by atoms with van der Waals surface area (Å²) in [5.74, 6) is -0.335. The second-order valence-electron chi connectivity index (χ2n) is 6.68. The second-order valence-corrected chi connectivity index (χ2v) is 6.68. The van der Waals surface area contributed by atoms with E-state index in [4.69, 9.17) is 15.2 Å². The van der Waals surface area contributed by atoms with Crippen LogP contribution in [0.3, 0.4) is 0 Å². The molecule has 1 saturated heterocycles. The fourth-order valence-corrected chi connectivity index (χ4v) is 4.09. The van der Waals surface area contributed by atoms with Crippen molar-refractivity contribution >= 4 is 12.1 Å². The number of hydrazine groups is 1. The zero-order chi connectivity index (χ0) is 19.8. The lowest BCUT2D eigenvalue weighted by Crippen LogP contribution is -2.49. The van der Waals surface area contributed by atoms with Gasteiger partial charge in [-0.3, -0.25) is 0 Å². The van der Waals surface area contributed by atoms with Gasteiger partial charge in [-0.05, 0) is 30.7 Å². The number of carbonyl (C=O) groups excluding carboxylic acids is 2. The fourth-order valence-electron chi connectivity index (χ4n) is 4.09. The predicted octanol–water partition coefficient (Wildman–Crippen LogP) is 3.38. The van der Waals surface area contributed by atoms with Gasteiger partial charge >= 0.3 is 12.1 Å². The molecule has 1 fully saturated rings. The summed E-state index contributed by atoms with van der Waals surface area (Å²) >= 11 is 0. The van der Waals surface area contributed by atoms with Crippen molar-refractivity contribution in [3.63, 3.8) is 0 Å². The number of urea groups is 1. The number of amides is 3. The van der Waals surface area contributed by atoms with Crippen molar-refractivity contribution in [3.05, 3.63) is 65.5 Å². The summed E-state index contributed by atoms with van der Waals surface area (Å²) in [6, 6.07) is 11.4. The van der Waals surface area contributed by atoms with Crippen molar-refractivity contribution in [1.82, 2.24) is 10.0 Å². The third-order valence-electron chi connectivity index (χ3n) is 5.11. The van der Waals surface area contributed by atoms with E-state index in [1.165, 1.54) is 28.2 Å². The summed E-state index contributed by atoms with van der Waals surface area (Å²) in [6.45, 7) is 2.06. The Morgan fingerprint density at radius 1 is 1.18 bits per heavy atom. The molecule has 2 aliphatic heterocycles. The topological polar surface area (TPSA) is 85.1 Å². The van der Waals surface area contributed by atoms with Crippen LogP contribution < -0.4 is 10.5 Å². The van der Waals surface area contributed by atoms with Gasteiger partial charge in [-0.1, -0.05) is 30.3 Å². The zero-order valence-corrected chi connectivity index (χ0v) is 15.2. The van der Waals surface area contributed by atoms with E-state index in [1.807, 2.05) is 30.3 Å². The number of hydrogen-bond acceptors (Lipinski definition) is 4. The molecule has 3 amide bonds. The standard InChI is InChI=1S/C20H20FN3O4/c1-2-27-20(26)24-17(12-6-4-3-5-7-12)15-11-28-16-9-8-13(21)10-14(16)18(15)23(24)19(22)25/h3-10,15,17-18H,2,11H2,1H3,(H2,22,25)/t15-,17-,18?/m1/s1. The summed E-state index contributed by atoms with van der Waals surface area (Å²) in [5.41, 5.74) is 6.95. The molecule has 28 heavy (non-hydrogen) atoms. The van der Waals surface area contributed by atoms with Gasteiger partial charge in [-0.25, -0.2) is 24.0 Å². The number of fused-ring (bicyclic) bond motifs is 3. The highest BCUT2D eigenvalue weighted by molar-refractivity contribution is 5.79. The Bertz CT molecular complexity index is 908. The van der Waals surface area contributed by atoms with E-state index in [-0.39, 0.29) is 19.1 Å². The molecule has 1 unspecified atom stereocenters. The third-order valence-corrected chi connectivity index (χ3v) is 5.11. The van der Waals surface area contributed by atoms with Crippen LogP contribution in [0.2, 0.25) is 0 Å². The Morgan fingerprint density at radius 2 is 1.93 bits per heavy atom. The second kappa shape index (κ2) is 7.03. The molecule has 3 atom stereocenters. The average Bonchev–Trinajstić information content (AvgIpc) is 3.05. The van der Waals surface area contributed by atoms with E-state index < -0.39 is 30.0 Å². The monoisotopic (exact) mass is 385 g/mol. The molecule has 2 heterocycles. The van der Waals surface area contributed by atoms with Crippen molar-refractivity contribution in [1.29, 1.82) is 0 Å². The molecular formula is C20H20FN3O4. The van der Waals surface area contributed by atoms with Gasteiger partial charge in [0.2, 0.25) is 0 Å². The Labute approximate surface area is 161 Å². The third kappa shape index (κ3) is 2.81. The molecule has 2 N–H and O–H groups in total. The highest BCUT2D eigenvalue weighted by Gasteiger charge is 2.55.